The van der Waals surface area contributed by atoms with Crippen LogP contribution >= 0.6 is 11.8 Å². The van der Waals surface area contributed by atoms with E-state index in [9.17, 15) is 9.59 Å². The zero-order valence-corrected chi connectivity index (χ0v) is 16.6. The van der Waals surface area contributed by atoms with Crippen LogP contribution in [0.25, 0.3) is 22.0 Å². The fraction of sp³-hybridized carbons (Fsp3) is 0.0870. The number of para-hydroxylation sites is 1. The molecule has 0 unspecified atom stereocenters. The number of rotatable bonds is 5. The Hall–Kier alpha value is -3.38. The van der Waals surface area contributed by atoms with Gasteiger partial charge < -0.3 is 5.32 Å². The maximum Gasteiger partial charge on any atom is 0.267 e. The number of nitrogens with zero attached hydrogens (tertiary/aromatic N) is 2. The second-order valence-corrected chi connectivity index (χ2v) is 7.34. The van der Waals surface area contributed by atoms with Crippen LogP contribution in [-0.2, 0) is 11.3 Å². The van der Waals surface area contributed by atoms with Gasteiger partial charge in [0.25, 0.3) is 5.56 Å². The van der Waals surface area contributed by atoms with Crippen molar-refractivity contribution in [2.24, 2.45) is 0 Å². The monoisotopic (exact) mass is 401 g/mol. The van der Waals surface area contributed by atoms with Gasteiger partial charge in [-0.15, -0.1) is 11.8 Å². The molecular formula is C23H19N3O2S. The third-order valence-corrected chi connectivity index (χ3v) is 5.40. The average Bonchev–Trinajstić information content (AvgIpc) is 2.75. The molecule has 1 N–H and O–H groups in total. The van der Waals surface area contributed by atoms with Gasteiger partial charge in [-0.1, -0.05) is 54.6 Å². The van der Waals surface area contributed by atoms with E-state index in [-0.39, 0.29) is 18.0 Å². The van der Waals surface area contributed by atoms with E-state index in [0.717, 1.165) is 26.9 Å². The minimum absolute atomic E-state index is 0.153. The number of carbonyl (C=O) groups excluding carboxylic acids is 1. The van der Waals surface area contributed by atoms with Crippen molar-refractivity contribution in [3.8, 4) is 11.3 Å². The van der Waals surface area contributed by atoms with Gasteiger partial charge in [-0.05, 0) is 35.2 Å². The number of amides is 1. The summed E-state index contributed by atoms with van der Waals surface area (Å²) < 4.78 is 1.20. The lowest BCUT2D eigenvalue weighted by atomic mass is 10.0. The van der Waals surface area contributed by atoms with Crippen LogP contribution in [0, 0.1) is 0 Å². The van der Waals surface area contributed by atoms with Crippen molar-refractivity contribution >= 4 is 34.1 Å². The van der Waals surface area contributed by atoms with E-state index in [4.69, 9.17) is 0 Å². The van der Waals surface area contributed by atoms with E-state index < -0.39 is 0 Å². The summed E-state index contributed by atoms with van der Waals surface area (Å²) in [5, 5.41) is 9.46. The number of thioether (sulfide) groups is 1. The number of anilines is 1. The van der Waals surface area contributed by atoms with Crippen LogP contribution in [0.5, 0.6) is 0 Å². The predicted molar refractivity (Wildman–Crippen MR) is 118 cm³/mol. The predicted octanol–water partition coefficient (Wildman–Crippen LogP) is 4.42. The number of fused-ring (bicyclic) bond motifs is 1. The molecule has 0 bridgehead atoms. The van der Waals surface area contributed by atoms with Crippen molar-refractivity contribution in [3.63, 3.8) is 0 Å². The Morgan fingerprint density at radius 1 is 0.966 bits per heavy atom. The molecule has 29 heavy (non-hydrogen) atoms. The van der Waals surface area contributed by atoms with Crippen LogP contribution in [0.4, 0.5) is 5.69 Å². The van der Waals surface area contributed by atoms with E-state index in [2.05, 4.69) is 10.4 Å². The Morgan fingerprint density at radius 3 is 2.59 bits per heavy atom. The van der Waals surface area contributed by atoms with Gasteiger partial charge in [-0.2, -0.15) is 5.10 Å². The van der Waals surface area contributed by atoms with E-state index in [1.54, 1.807) is 17.8 Å². The summed E-state index contributed by atoms with van der Waals surface area (Å²) in [6.45, 7) is -0.153. The van der Waals surface area contributed by atoms with Gasteiger partial charge >= 0.3 is 0 Å². The summed E-state index contributed by atoms with van der Waals surface area (Å²) in [5.41, 5.74) is 1.98. The summed E-state index contributed by atoms with van der Waals surface area (Å²) in [6, 6.07) is 24.7. The first-order valence-corrected chi connectivity index (χ1v) is 10.4. The third kappa shape index (κ3) is 4.07. The second kappa shape index (κ2) is 8.32. The molecule has 4 rings (SSSR count). The van der Waals surface area contributed by atoms with Gasteiger partial charge in [-0.3, -0.25) is 9.59 Å². The van der Waals surface area contributed by atoms with Crippen molar-refractivity contribution in [1.82, 2.24) is 9.78 Å². The van der Waals surface area contributed by atoms with Gasteiger partial charge in [0.15, 0.2) is 0 Å². The number of nitrogens with one attached hydrogen (secondary N) is 1. The smallest absolute Gasteiger partial charge is 0.267 e. The minimum Gasteiger partial charge on any atom is -0.323 e. The molecule has 0 saturated heterocycles. The highest BCUT2D eigenvalue weighted by molar-refractivity contribution is 7.98. The summed E-state index contributed by atoms with van der Waals surface area (Å²) in [7, 11) is 0. The van der Waals surface area contributed by atoms with Crippen LogP contribution in [0.1, 0.15) is 0 Å². The summed E-state index contributed by atoms with van der Waals surface area (Å²) in [4.78, 5) is 25.8. The van der Waals surface area contributed by atoms with Crippen molar-refractivity contribution in [1.29, 1.82) is 0 Å². The maximum absolute atomic E-state index is 12.5. The summed E-state index contributed by atoms with van der Waals surface area (Å²) in [5.74, 6) is -0.295. The topological polar surface area (TPSA) is 64.0 Å². The number of hydrogen-bond acceptors (Lipinski definition) is 4. The van der Waals surface area contributed by atoms with Gasteiger partial charge in [0.2, 0.25) is 5.91 Å². The lowest BCUT2D eigenvalue weighted by Crippen LogP contribution is -2.29. The average molecular weight is 401 g/mol. The molecule has 4 aromatic rings. The third-order valence-electron chi connectivity index (χ3n) is 4.61. The molecule has 1 heterocycles. The standard InChI is InChI=1S/C23H19N3O2S/c1-29-21-12-5-4-11-20(21)24-22(27)15-26-23(28)14-13-19(25-26)18-10-6-8-16-7-2-3-9-17(16)18/h2-14H,15H2,1H3,(H,24,27). The first-order chi connectivity index (χ1) is 14.2. The van der Waals surface area contributed by atoms with Crippen LogP contribution < -0.4 is 10.9 Å². The van der Waals surface area contributed by atoms with E-state index >= 15 is 0 Å². The molecule has 0 aliphatic carbocycles. The van der Waals surface area contributed by atoms with Gasteiger partial charge in [0.05, 0.1) is 11.4 Å². The fourth-order valence-electron chi connectivity index (χ4n) is 3.23. The highest BCUT2D eigenvalue weighted by atomic mass is 32.2. The second-order valence-electron chi connectivity index (χ2n) is 6.49. The van der Waals surface area contributed by atoms with Crippen molar-refractivity contribution < 1.29 is 4.79 Å². The summed E-state index contributed by atoms with van der Waals surface area (Å²) >= 11 is 1.55. The maximum atomic E-state index is 12.5. The number of hydrogen-bond donors (Lipinski definition) is 1. The summed E-state index contributed by atoms with van der Waals surface area (Å²) in [6.07, 6.45) is 1.95. The van der Waals surface area contributed by atoms with Crippen molar-refractivity contribution in [2.45, 2.75) is 11.4 Å². The first kappa shape index (κ1) is 19.0. The molecule has 3 aromatic carbocycles. The molecule has 5 nitrogen and oxygen atoms in total. The van der Waals surface area contributed by atoms with Gasteiger partial charge in [0.1, 0.15) is 6.54 Å². The Balaban J connectivity index is 1.64. The molecule has 0 fully saturated rings. The van der Waals surface area contributed by atoms with Crippen LogP contribution in [0.2, 0.25) is 0 Å². The van der Waals surface area contributed by atoms with Crippen LogP contribution in [0.3, 0.4) is 0 Å². The molecule has 0 radical (unpaired) electrons. The zero-order valence-electron chi connectivity index (χ0n) is 15.8. The number of carbonyl (C=O) groups is 1. The fourth-order valence-corrected chi connectivity index (χ4v) is 3.78. The largest absolute Gasteiger partial charge is 0.323 e. The molecule has 0 atom stereocenters. The Kier molecular flexibility index (Phi) is 5.44. The lowest BCUT2D eigenvalue weighted by Gasteiger charge is -2.11. The Labute approximate surface area is 172 Å². The molecule has 6 heteroatoms. The molecular weight excluding hydrogens is 382 g/mol. The highest BCUT2D eigenvalue weighted by Gasteiger charge is 2.11. The normalized spacial score (nSPS) is 10.8. The molecule has 0 spiro atoms. The Morgan fingerprint density at radius 2 is 1.72 bits per heavy atom. The van der Waals surface area contributed by atoms with Crippen LogP contribution in [-0.4, -0.2) is 21.9 Å². The number of aromatic nitrogens is 2. The lowest BCUT2D eigenvalue weighted by molar-refractivity contribution is -0.117. The SMILES string of the molecule is CSc1ccccc1NC(=O)Cn1nc(-c2cccc3ccccc23)ccc1=O. The van der Waals surface area contributed by atoms with Crippen molar-refractivity contribution in [3.05, 3.63) is 89.2 Å². The Bertz CT molecular complexity index is 1240. The van der Waals surface area contributed by atoms with Gasteiger partial charge in [-0.25, -0.2) is 4.68 Å². The molecule has 1 aromatic heterocycles. The quantitative estimate of drug-likeness (QED) is 0.503. The molecule has 0 aliphatic heterocycles. The zero-order chi connectivity index (χ0) is 20.2. The van der Waals surface area contributed by atoms with Crippen LogP contribution in [0.15, 0.2) is 88.6 Å². The van der Waals surface area contributed by atoms with Gasteiger partial charge in [0, 0.05) is 16.5 Å². The molecule has 1 amide bonds. The first-order valence-electron chi connectivity index (χ1n) is 9.15. The molecule has 144 valence electrons. The van der Waals surface area contributed by atoms with E-state index in [1.807, 2.05) is 73.0 Å². The van der Waals surface area contributed by atoms with Crippen molar-refractivity contribution in [2.75, 3.05) is 11.6 Å². The van der Waals surface area contributed by atoms with E-state index in [1.165, 1.54) is 10.7 Å². The molecule has 0 saturated carbocycles. The highest BCUT2D eigenvalue weighted by Crippen LogP contribution is 2.27. The molecule has 0 aliphatic rings. The minimum atomic E-state index is -0.317. The van der Waals surface area contributed by atoms with E-state index in [0.29, 0.717) is 5.69 Å². The number of benzene rings is 3.